The van der Waals surface area contributed by atoms with Crippen molar-refractivity contribution in [3.05, 3.63) is 135 Å². The monoisotopic (exact) mass is 1050 g/mol. The normalized spacial score (nSPS) is 12.2. The van der Waals surface area contributed by atoms with Crippen LogP contribution < -0.4 is 21.3 Å². The molecule has 5 aromatic carbocycles. The van der Waals surface area contributed by atoms with Gasteiger partial charge in [-0.3, -0.25) is 28.8 Å². The van der Waals surface area contributed by atoms with Crippen LogP contribution in [0.25, 0.3) is 0 Å². The minimum Gasteiger partial charge on any atom is -0.324 e. The highest BCUT2D eigenvalue weighted by molar-refractivity contribution is 6.47. The second-order valence-electron chi connectivity index (χ2n) is 14.0. The van der Waals surface area contributed by atoms with E-state index in [0.717, 1.165) is 6.92 Å². The number of azo groups is 2. The van der Waals surface area contributed by atoms with Crippen LogP contribution in [0.3, 0.4) is 0 Å². The summed E-state index contributed by atoms with van der Waals surface area (Å²) >= 11 is 49.7. The van der Waals surface area contributed by atoms with Gasteiger partial charge in [0.25, 0.3) is 23.6 Å². The molecule has 0 aliphatic heterocycles. The number of carbonyl (C=O) groups excluding carboxylic acids is 6. The van der Waals surface area contributed by atoms with E-state index in [-0.39, 0.29) is 79.7 Å². The molecule has 5 rings (SSSR count). The minimum absolute atomic E-state index is 0.0159. The van der Waals surface area contributed by atoms with Gasteiger partial charge in [0.05, 0.1) is 74.1 Å². The Hall–Kier alpha value is -5.16. The summed E-state index contributed by atoms with van der Waals surface area (Å²) in [5.41, 5.74) is 2.00. The standard InChI is InChI=1S/C44H34Cl8N8O6/c1-5-21-15-25(53-43(65)36(19(3)61)59-57-23-7-9-28(45)26(17-23)41(63)55-39-32(49)13-11-30(47)34(39)51)16-22(6-2)38(21)54-44(66)37(20(4)62)60-58-24-8-10-29(46)27(18-24)42(64)56-40-33(50)14-12-31(48)35(40)52/h7-18,36-37H,5-6H2,1-4H3,(H,53,65)(H,54,66)(H,55,63)(H,56,64). The summed E-state index contributed by atoms with van der Waals surface area (Å²) in [6.45, 7) is 5.96. The lowest BCUT2D eigenvalue weighted by Gasteiger charge is -2.19. The molecule has 0 radical (unpaired) electrons. The molecule has 342 valence electrons. The van der Waals surface area contributed by atoms with Crippen molar-refractivity contribution < 1.29 is 28.8 Å². The van der Waals surface area contributed by atoms with Crippen LogP contribution in [0.5, 0.6) is 0 Å². The molecule has 0 heterocycles. The fraction of sp³-hybridized carbons (Fsp3) is 0.182. The van der Waals surface area contributed by atoms with Crippen LogP contribution in [-0.2, 0) is 32.0 Å². The predicted molar refractivity (Wildman–Crippen MR) is 262 cm³/mol. The molecule has 2 unspecified atom stereocenters. The van der Waals surface area contributed by atoms with Crippen LogP contribution in [0.4, 0.5) is 34.1 Å². The Labute approximate surface area is 417 Å². The third-order valence-corrected chi connectivity index (χ3v) is 12.3. The number of hydrogen-bond acceptors (Lipinski definition) is 10. The number of nitrogens with one attached hydrogen (secondary N) is 4. The average molecular weight is 1050 g/mol. The fourth-order valence-corrected chi connectivity index (χ4v) is 7.64. The van der Waals surface area contributed by atoms with Crippen molar-refractivity contribution in [2.45, 2.75) is 52.6 Å². The molecule has 0 aliphatic carbocycles. The summed E-state index contributed by atoms with van der Waals surface area (Å²) in [4.78, 5) is 79.0. The van der Waals surface area contributed by atoms with Gasteiger partial charge in [-0.05, 0) is 111 Å². The van der Waals surface area contributed by atoms with Gasteiger partial charge < -0.3 is 21.3 Å². The van der Waals surface area contributed by atoms with Gasteiger partial charge in [-0.1, -0.05) is 107 Å². The van der Waals surface area contributed by atoms with E-state index in [0.29, 0.717) is 29.7 Å². The van der Waals surface area contributed by atoms with Crippen molar-refractivity contribution in [2.24, 2.45) is 20.5 Å². The molecular formula is C44H34Cl8N8O6. The second kappa shape index (κ2) is 23.0. The number of amides is 4. The lowest BCUT2D eigenvalue weighted by atomic mass is 10.0. The number of hydrogen-bond donors (Lipinski definition) is 4. The Morgan fingerprint density at radius 3 is 1.21 bits per heavy atom. The van der Waals surface area contributed by atoms with Gasteiger partial charge in [0.15, 0.2) is 11.6 Å². The van der Waals surface area contributed by atoms with Crippen LogP contribution in [0.2, 0.25) is 40.2 Å². The largest absolute Gasteiger partial charge is 0.324 e. The highest BCUT2D eigenvalue weighted by atomic mass is 35.5. The number of aryl methyl sites for hydroxylation is 2. The van der Waals surface area contributed by atoms with Crippen molar-refractivity contribution in [3.63, 3.8) is 0 Å². The van der Waals surface area contributed by atoms with Crippen molar-refractivity contribution in [1.29, 1.82) is 0 Å². The van der Waals surface area contributed by atoms with Gasteiger partial charge >= 0.3 is 0 Å². The quantitative estimate of drug-likeness (QED) is 0.0430. The van der Waals surface area contributed by atoms with E-state index >= 15 is 0 Å². The van der Waals surface area contributed by atoms with E-state index in [1.165, 1.54) is 67.6 Å². The van der Waals surface area contributed by atoms with Crippen molar-refractivity contribution >= 4 is 162 Å². The number of ketones is 2. The summed E-state index contributed by atoms with van der Waals surface area (Å²) < 4.78 is 0. The van der Waals surface area contributed by atoms with E-state index < -0.39 is 47.3 Å². The lowest BCUT2D eigenvalue weighted by molar-refractivity contribution is -0.127. The molecule has 0 spiro atoms. The molecule has 4 amide bonds. The zero-order chi connectivity index (χ0) is 48.6. The number of carbonyl (C=O) groups is 6. The molecule has 14 nitrogen and oxygen atoms in total. The molecule has 5 aromatic rings. The molecule has 66 heavy (non-hydrogen) atoms. The van der Waals surface area contributed by atoms with E-state index in [9.17, 15) is 28.8 Å². The molecule has 22 heteroatoms. The first-order valence-corrected chi connectivity index (χ1v) is 22.4. The molecular weight excluding hydrogens is 1020 g/mol. The van der Waals surface area contributed by atoms with Crippen LogP contribution in [0, 0.1) is 0 Å². The van der Waals surface area contributed by atoms with Crippen LogP contribution >= 0.6 is 92.8 Å². The van der Waals surface area contributed by atoms with E-state index in [4.69, 9.17) is 92.8 Å². The number of rotatable bonds is 16. The third-order valence-electron chi connectivity index (χ3n) is 9.38. The maximum Gasteiger partial charge on any atom is 0.258 e. The van der Waals surface area contributed by atoms with Gasteiger partial charge in [-0.15, -0.1) is 0 Å². The lowest BCUT2D eigenvalue weighted by Crippen LogP contribution is -2.33. The molecule has 0 saturated heterocycles. The molecule has 0 fully saturated rings. The van der Waals surface area contributed by atoms with E-state index in [1.807, 2.05) is 13.8 Å². The average Bonchev–Trinajstić information content (AvgIpc) is 3.27. The predicted octanol–water partition coefficient (Wildman–Crippen LogP) is 13.9. The zero-order valence-corrected chi connectivity index (χ0v) is 40.8. The second-order valence-corrected chi connectivity index (χ2v) is 17.2. The Kier molecular flexibility index (Phi) is 18.1. The summed E-state index contributed by atoms with van der Waals surface area (Å²) in [6, 6.07) is 14.0. The van der Waals surface area contributed by atoms with Gasteiger partial charge in [0, 0.05) is 11.4 Å². The Morgan fingerprint density at radius 1 is 0.470 bits per heavy atom. The topological polar surface area (TPSA) is 200 Å². The number of benzene rings is 5. The van der Waals surface area contributed by atoms with Crippen molar-refractivity contribution in [1.82, 2.24) is 0 Å². The third kappa shape index (κ3) is 12.6. The Morgan fingerprint density at radius 2 is 0.833 bits per heavy atom. The zero-order valence-electron chi connectivity index (χ0n) is 34.8. The summed E-state index contributed by atoms with van der Waals surface area (Å²) in [7, 11) is 0. The van der Waals surface area contributed by atoms with Crippen molar-refractivity contribution in [3.8, 4) is 0 Å². The Bertz CT molecular complexity index is 2830. The van der Waals surface area contributed by atoms with Crippen LogP contribution in [0.1, 0.15) is 59.5 Å². The molecule has 0 saturated carbocycles. The molecule has 0 aromatic heterocycles. The summed E-state index contributed by atoms with van der Waals surface area (Å²) in [5, 5.41) is 27.4. The number of anilines is 4. The first-order valence-electron chi connectivity index (χ1n) is 19.3. The van der Waals surface area contributed by atoms with Crippen molar-refractivity contribution in [2.75, 3.05) is 21.3 Å². The van der Waals surface area contributed by atoms with E-state index in [1.54, 1.807) is 12.1 Å². The molecule has 0 aliphatic rings. The van der Waals surface area contributed by atoms with E-state index in [2.05, 4.69) is 41.7 Å². The highest BCUT2D eigenvalue weighted by Crippen LogP contribution is 2.38. The maximum atomic E-state index is 13.7. The summed E-state index contributed by atoms with van der Waals surface area (Å²) in [6.07, 6.45) is 0.718. The van der Waals surface area contributed by atoms with Crippen LogP contribution in [-0.4, -0.2) is 47.3 Å². The number of Topliss-reactive ketones (excluding diaryl/α,β-unsaturated/α-hetero) is 2. The molecule has 0 bridgehead atoms. The van der Waals surface area contributed by atoms with Gasteiger partial charge in [0.2, 0.25) is 12.1 Å². The maximum absolute atomic E-state index is 13.7. The molecule has 2 atom stereocenters. The molecule has 4 N–H and O–H groups in total. The Balaban J connectivity index is 1.32. The number of halogens is 8. The van der Waals surface area contributed by atoms with Crippen LogP contribution in [0.15, 0.2) is 93.3 Å². The highest BCUT2D eigenvalue weighted by Gasteiger charge is 2.27. The minimum atomic E-state index is -1.61. The first kappa shape index (κ1) is 51.8. The first-order chi connectivity index (χ1) is 31.2. The van der Waals surface area contributed by atoms with Gasteiger partial charge in [-0.25, -0.2) is 0 Å². The van der Waals surface area contributed by atoms with Gasteiger partial charge in [0.1, 0.15) is 0 Å². The van der Waals surface area contributed by atoms with Gasteiger partial charge in [-0.2, -0.15) is 20.5 Å². The fourth-order valence-electron chi connectivity index (χ4n) is 5.99. The summed E-state index contributed by atoms with van der Waals surface area (Å²) in [5.74, 6) is -4.30. The SMILES string of the molecule is CCc1cc(NC(=O)C(N=Nc2ccc(Cl)c(C(=O)Nc3c(Cl)ccc(Cl)c3Cl)c2)C(C)=O)cc(CC)c1NC(=O)C(N=Nc1ccc(Cl)c(C(=O)Nc2c(Cl)ccc(Cl)c2Cl)c1)C(C)=O. The smallest absolute Gasteiger partial charge is 0.258 e. The number of nitrogens with zero attached hydrogens (tertiary/aromatic N) is 4.